The summed E-state index contributed by atoms with van der Waals surface area (Å²) in [5, 5.41) is 3.28. The van der Waals surface area contributed by atoms with Crippen LogP contribution in [0.15, 0.2) is 24.7 Å². The molecule has 1 N–H and O–H groups in total. The van der Waals surface area contributed by atoms with Crippen LogP contribution in [0.5, 0.6) is 0 Å². The van der Waals surface area contributed by atoms with Crippen molar-refractivity contribution < 1.29 is 9.53 Å². The predicted molar refractivity (Wildman–Crippen MR) is 107 cm³/mol. The average Bonchev–Trinajstić information content (AvgIpc) is 2.74. The van der Waals surface area contributed by atoms with Gasteiger partial charge in [-0.15, -0.1) is 0 Å². The molecule has 0 unspecified atom stereocenters. The van der Waals surface area contributed by atoms with Crippen molar-refractivity contribution in [2.24, 2.45) is 5.92 Å². The van der Waals surface area contributed by atoms with E-state index in [0.717, 1.165) is 30.9 Å². The number of carbonyl (C=O) groups is 1. The molecule has 3 rings (SSSR count). The molecule has 8 heteroatoms. The highest BCUT2D eigenvalue weighted by Crippen LogP contribution is 2.29. The highest BCUT2D eigenvalue weighted by molar-refractivity contribution is 5.78. The molecule has 0 radical (unpaired) electrons. The number of methoxy groups -OCH3 is 1. The first-order valence-corrected chi connectivity index (χ1v) is 9.75. The van der Waals surface area contributed by atoms with Gasteiger partial charge in [0.15, 0.2) is 5.82 Å². The van der Waals surface area contributed by atoms with Gasteiger partial charge in [-0.3, -0.25) is 9.78 Å². The molecule has 1 saturated heterocycles. The number of hydrogen-bond acceptors (Lipinski definition) is 7. The number of carbonyl (C=O) groups excluding carboxylic acids is 1. The third-order valence-electron chi connectivity index (χ3n) is 4.80. The van der Waals surface area contributed by atoms with Crippen LogP contribution in [0.25, 0.3) is 11.5 Å². The molecular weight excluding hydrogens is 356 g/mol. The lowest BCUT2D eigenvalue weighted by molar-refractivity contribution is -0.135. The first kappa shape index (κ1) is 20.1. The molecule has 2 aromatic heterocycles. The summed E-state index contributed by atoms with van der Waals surface area (Å²) >= 11 is 0. The van der Waals surface area contributed by atoms with E-state index < -0.39 is 0 Å². The Morgan fingerprint density at radius 3 is 2.93 bits per heavy atom. The summed E-state index contributed by atoms with van der Waals surface area (Å²) in [6.45, 7) is 6.62. The lowest BCUT2D eigenvalue weighted by atomic mass is 9.93. The number of anilines is 1. The molecule has 0 aliphatic carbocycles. The van der Waals surface area contributed by atoms with Crippen molar-refractivity contribution >= 4 is 11.7 Å². The number of nitrogens with one attached hydrogen (secondary N) is 1. The summed E-state index contributed by atoms with van der Waals surface area (Å²) in [6.07, 6.45) is 6.89. The topological polar surface area (TPSA) is 93.1 Å². The van der Waals surface area contributed by atoms with Crippen LogP contribution in [0.3, 0.4) is 0 Å². The van der Waals surface area contributed by atoms with E-state index in [1.165, 1.54) is 0 Å². The molecule has 1 atom stereocenters. The van der Waals surface area contributed by atoms with Crippen molar-refractivity contribution in [2.45, 2.75) is 32.6 Å². The fraction of sp³-hybridized carbons (Fsp3) is 0.550. The second-order valence-corrected chi connectivity index (χ2v) is 7.29. The standard InChI is InChI=1S/C20H28N6O2/c1-14(2)20(27)26-9-4-5-15(13-26)16-11-18(23-8-10-28-3)25-19(24-16)17-12-21-6-7-22-17/h6-7,11-12,14-15H,4-5,8-10,13H2,1-3H3,(H,23,24,25)/t15-/m1/s1. The number of ether oxygens (including phenoxy) is 1. The van der Waals surface area contributed by atoms with E-state index in [1.807, 2.05) is 24.8 Å². The third kappa shape index (κ3) is 5.01. The minimum atomic E-state index is 0.00516. The fourth-order valence-corrected chi connectivity index (χ4v) is 3.36. The summed E-state index contributed by atoms with van der Waals surface area (Å²) in [6, 6.07) is 1.98. The summed E-state index contributed by atoms with van der Waals surface area (Å²) < 4.78 is 5.12. The van der Waals surface area contributed by atoms with E-state index in [-0.39, 0.29) is 17.7 Å². The largest absolute Gasteiger partial charge is 0.383 e. The maximum absolute atomic E-state index is 12.5. The number of hydrogen-bond donors (Lipinski definition) is 1. The lowest BCUT2D eigenvalue weighted by Gasteiger charge is -2.33. The summed E-state index contributed by atoms with van der Waals surface area (Å²) in [7, 11) is 1.67. The molecule has 1 fully saturated rings. The molecule has 0 aromatic carbocycles. The predicted octanol–water partition coefficient (Wildman–Crippen LogP) is 2.35. The van der Waals surface area contributed by atoms with Crippen molar-refractivity contribution in [1.82, 2.24) is 24.8 Å². The van der Waals surface area contributed by atoms with Crippen LogP contribution >= 0.6 is 0 Å². The van der Waals surface area contributed by atoms with Crippen LogP contribution in [-0.4, -0.2) is 64.1 Å². The van der Waals surface area contributed by atoms with Gasteiger partial charge in [-0.2, -0.15) is 0 Å². The SMILES string of the molecule is COCCNc1cc([C@@H]2CCCN(C(=O)C(C)C)C2)nc(-c2cnccn2)n1. The van der Waals surface area contributed by atoms with E-state index in [9.17, 15) is 4.79 Å². The van der Waals surface area contributed by atoms with Crippen LogP contribution < -0.4 is 5.32 Å². The van der Waals surface area contributed by atoms with E-state index in [2.05, 4.69) is 20.3 Å². The van der Waals surface area contributed by atoms with Gasteiger partial charge in [0.2, 0.25) is 5.91 Å². The number of rotatable bonds is 7. The summed E-state index contributed by atoms with van der Waals surface area (Å²) in [4.78, 5) is 32.2. The highest BCUT2D eigenvalue weighted by atomic mass is 16.5. The van der Waals surface area contributed by atoms with Gasteiger partial charge in [-0.1, -0.05) is 13.8 Å². The molecule has 1 amide bonds. The molecule has 1 aliphatic rings. The van der Waals surface area contributed by atoms with Crippen molar-refractivity contribution in [3.05, 3.63) is 30.4 Å². The van der Waals surface area contributed by atoms with Crippen molar-refractivity contribution in [3.63, 3.8) is 0 Å². The number of piperidine rings is 1. The Morgan fingerprint density at radius 2 is 2.21 bits per heavy atom. The van der Waals surface area contributed by atoms with Gasteiger partial charge in [-0.25, -0.2) is 15.0 Å². The van der Waals surface area contributed by atoms with Gasteiger partial charge in [0.1, 0.15) is 11.5 Å². The Balaban J connectivity index is 1.88. The smallest absolute Gasteiger partial charge is 0.225 e. The second-order valence-electron chi connectivity index (χ2n) is 7.29. The molecule has 2 aromatic rings. The minimum Gasteiger partial charge on any atom is -0.383 e. The molecule has 3 heterocycles. The Kier molecular flexibility index (Phi) is 6.86. The zero-order valence-electron chi connectivity index (χ0n) is 16.8. The Morgan fingerprint density at radius 1 is 1.36 bits per heavy atom. The van der Waals surface area contributed by atoms with Crippen LogP contribution in [0, 0.1) is 5.92 Å². The number of amides is 1. The molecule has 150 valence electrons. The molecule has 8 nitrogen and oxygen atoms in total. The lowest BCUT2D eigenvalue weighted by Crippen LogP contribution is -2.41. The quantitative estimate of drug-likeness (QED) is 0.733. The third-order valence-corrected chi connectivity index (χ3v) is 4.80. The average molecular weight is 384 g/mol. The molecular formula is C20H28N6O2. The van der Waals surface area contributed by atoms with Gasteiger partial charge in [0.25, 0.3) is 0 Å². The highest BCUT2D eigenvalue weighted by Gasteiger charge is 2.27. The zero-order valence-corrected chi connectivity index (χ0v) is 16.8. The van der Waals surface area contributed by atoms with E-state index >= 15 is 0 Å². The number of aromatic nitrogens is 4. The van der Waals surface area contributed by atoms with Gasteiger partial charge in [-0.05, 0) is 12.8 Å². The van der Waals surface area contributed by atoms with Gasteiger partial charge >= 0.3 is 0 Å². The van der Waals surface area contributed by atoms with Gasteiger partial charge in [0, 0.05) is 57.0 Å². The summed E-state index contributed by atoms with van der Waals surface area (Å²) in [5.41, 5.74) is 1.56. The van der Waals surface area contributed by atoms with Gasteiger partial charge < -0.3 is 15.0 Å². The molecule has 1 aliphatic heterocycles. The molecule has 0 bridgehead atoms. The Hall–Kier alpha value is -2.61. The second kappa shape index (κ2) is 9.54. The number of nitrogens with zero attached hydrogens (tertiary/aromatic N) is 5. The first-order chi connectivity index (χ1) is 13.6. The Bertz CT molecular complexity index is 784. The van der Waals surface area contributed by atoms with Crippen LogP contribution in [-0.2, 0) is 9.53 Å². The maximum Gasteiger partial charge on any atom is 0.225 e. The molecule has 28 heavy (non-hydrogen) atoms. The number of likely N-dealkylation sites (tertiary alicyclic amines) is 1. The zero-order chi connectivity index (χ0) is 19.9. The van der Waals surface area contributed by atoms with Crippen molar-refractivity contribution in [3.8, 4) is 11.5 Å². The van der Waals surface area contributed by atoms with E-state index in [1.54, 1.807) is 25.7 Å². The summed E-state index contributed by atoms with van der Waals surface area (Å²) in [5.74, 6) is 1.66. The first-order valence-electron chi connectivity index (χ1n) is 9.75. The minimum absolute atomic E-state index is 0.00516. The van der Waals surface area contributed by atoms with Crippen LogP contribution in [0.2, 0.25) is 0 Å². The van der Waals surface area contributed by atoms with Crippen molar-refractivity contribution in [1.29, 1.82) is 0 Å². The Labute approximate surface area is 165 Å². The van der Waals surface area contributed by atoms with E-state index in [0.29, 0.717) is 31.2 Å². The normalized spacial score (nSPS) is 17.0. The van der Waals surface area contributed by atoms with E-state index in [4.69, 9.17) is 9.72 Å². The monoisotopic (exact) mass is 384 g/mol. The fourth-order valence-electron chi connectivity index (χ4n) is 3.36. The van der Waals surface area contributed by atoms with Gasteiger partial charge in [0.05, 0.1) is 18.5 Å². The molecule has 0 saturated carbocycles. The molecule has 0 spiro atoms. The van der Waals surface area contributed by atoms with Crippen LogP contribution in [0.4, 0.5) is 5.82 Å². The van der Waals surface area contributed by atoms with Crippen LogP contribution in [0.1, 0.15) is 38.3 Å². The maximum atomic E-state index is 12.5. The van der Waals surface area contributed by atoms with Crippen molar-refractivity contribution in [2.75, 3.05) is 38.7 Å².